The van der Waals surface area contributed by atoms with E-state index in [9.17, 15) is 58.8 Å². The number of rotatable bonds is 14. The van der Waals surface area contributed by atoms with E-state index >= 15 is 0 Å². The zero-order valence-electron chi connectivity index (χ0n) is 36.8. The third-order valence-corrected chi connectivity index (χ3v) is 11.3. The number of aromatic amines is 2. The second-order valence-electron chi connectivity index (χ2n) is 15.7. The van der Waals surface area contributed by atoms with Gasteiger partial charge >= 0.3 is 71.1 Å². The molecule has 4 aliphatic heterocycles. The number of carbonyl (C=O) groups excluding carboxylic acids is 4. The molecule has 348 valence electrons. The van der Waals surface area contributed by atoms with Crippen LogP contribution in [0.4, 0.5) is 46.3 Å². The van der Waals surface area contributed by atoms with Crippen molar-refractivity contribution in [1.82, 2.24) is 30.6 Å². The van der Waals surface area contributed by atoms with Crippen LogP contribution in [0.1, 0.15) is 46.4 Å². The molecule has 68 heavy (non-hydrogen) atoms. The minimum Gasteiger partial charge on any atom is -0.550 e. The predicted octanol–water partition coefficient (Wildman–Crippen LogP) is -9.71. The van der Waals surface area contributed by atoms with Gasteiger partial charge in [0.2, 0.25) is 11.9 Å². The molecule has 4 atom stereocenters. The first-order chi connectivity index (χ1) is 31.4. The Kier molecular flexibility index (Phi) is 17.3. The maximum absolute atomic E-state index is 12.4. The molecule has 8 rings (SSSR count). The van der Waals surface area contributed by atoms with Crippen LogP contribution in [0.3, 0.4) is 0 Å². The summed E-state index contributed by atoms with van der Waals surface area (Å²) < 4.78 is 0. The van der Waals surface area contributed by atoms with Crippen LogP contribution in [-0.4, -0.2) is 130 Å². The van der Waals surface area contributed by atoms with E-state index in [2.05, 4.69) is 41.2 Å². The number of hydrogen-bond donors (Lipinski definition) is 10. The zero-order valence-corrected chi connectivity index (χ0v) is 40.8. The van der Waals surface area contributed by atoms with Crippen LogP contribution in [0.5, 0.6) is 0 Å². The topological polar surface area (TPSA) is 394 Å². The quantitative estimate of drug-likeness (QED) is 0.0525. The van der Waals surface area contributed by atoms with Crippen LogP contribution in [0.15, 0.2) is 58.1 Å². The summed E-state index contributed by atoms with van der Waals surface area (Å²) in [6, 6.07) is 10.5. The molecule has 0 saturated carbocycles. The fourth-order valence-electron chi connectivity index (χ4n) is 8.00. The summed E-state index contributed by atoms with van der Waals surface area (Å²) >= 11 is 0. The molecule has 4 aromatic rings. The number of nitrogens with zero attached hydrogens (tertiary/aromatic N) is 6. The molecule has 4 aliphatic rings. The number of aliphatic carboxylic acids is 4. The first-order valence-corrected chi connectivity index (χ1v) is 20.4. The Hall–Kier alpha value is -6.58. The Bertz CT molecular complexity index is 2490. The fourth-order valence-corrected chi connectivity index (χ4v) is 8.00. The van der Waals surface area contributed by atoms with Gasteiger partial charge in [-0.05, 0) is 74.2 Å². The number of carboxylic acids is 4. The minimum absolute atomic E-state index is 0. The van der Waals surface area contributed by atoms with Crippen LogP contribution >= 0.6 is 0 Å². The summed E-state index contributed by atoms with van der Waals surface area (Å²) in [5.41, 5.74) is 13.5. The molecular formula is C40H44N14Na2O12. The van der Waals surface area contributed by atoms with Crippen molar-refractivity contribution in [2.45, 2.75) is 49.9 Å². The van der Waals surface area contributed by atoms with Crippen molar-refractivity contribution in [3.05, 3.63) is 80.4 Å². The first kappa shape index (κ1) is 52.4. The van der Waals surface area contributed by atoms with E-state index in [4.69, 9.17) is 11.5 Å². The van der Waals surface area contributed by atoms with E-state index in [1.807, 2.05) is 19.6 Å². The number of H-pyrrole nitrogens is 2. The SMILES string of the molecule is Nc1nc2c(c(=O)[nH]1)N1CN(c3ccc(C(=O)N[C@@H](CCC(=O)[O-])C(=O)O)cc3)C[C@H]1CN2.Nc1nc2c(c(=O)[nH]1)N1CN(c3ccc(C(=O)N[C@@H](CCC(=O)[O-])C(=O)O)cc3)C[C@H]1CN2.[Na+].[Na+]. The summed E-state index contributed by atoms with van der Waals surface area (Å²) in [6.07, 6.45) is -1.51. The van der Waals surface area contributed by atoms with E-state index in [1.54, 1.807) is 48.5 Å². The van der Waals surface area contributed by atoms with E-state index in [1.165, 1.54) is 0 Å². The maximum atomic E-state index is 12.4. The van der Waals surface area contributed by atoms with Crippen molar-refractivity contribution in [2.75, 3.05) is 81.2 Å². The normalized spacial score (nSPS) is 17.0. The Labute approximate surface area is 429 Å². The number of carbonyl (C=O) groups is 6. The minimum atomic E-state index is -1.39. The molecule has 0 aliphatic carbocycles. The standard InChI is InChI=1S/2C20H23N7O6.2Na/c2*21-20-24-16-15(18(31)25-20)27-9-26(8-12(27)7-22-16)11-3-1-10(2-4-11)17(30)23-13(19(32)33)5-6-14(28)29;;/h2*1-4,12-13H,5-9H2,(H,23,30)(H,28,29)(H,32,33)(H4,21,22,24,25,31);;/q;;2*+1/p-2/t2*12-,13+;;/m11../s1. The van der Waals surface area contributed by atoms with Crippen LogP contribution in [0.2, 0.25) is 0 Å². The molecule has 12 N–H and O–H groups in total. The van der Waals surface area contributed by atoms with Crippen LogP contribution in [0, 0.1) is 0 Å². The van der Waals surface area contributed by atoms with Crippen molar-refractivity contribution >= 4 is 82.0 Å². The van der Waals surface area contributed by atoms with E-state index < -0.39 is 60.6 Å². The maximum Gasteiger partial charge on any atom is 1.00 e. The molecule has 2 fully saturated rings. The molecule has 28 heteroatoms. The number of hydrogen-bond acceptors (Lipinski definition) is 20. The Morgan fingerprint density at radius 2 is 1.00 bits per heavy atom. The molecular weight excluding hydrogens is 915 g/mol. The number of carboxylic acid groups (broad SMARTS) is 4. The van der Waals surface area contributed by atoms with Crippen molar-refractivity contribution < 1.29 is 108 Å². The molecule has 26 nitrogen and oxygen atoms in total. The monoisotopic (exact) mass is 958 g/mol. The van der Waals surface area contributed by atoms with Crippen LogP contribution in [0.25, 0.3) is 0 Å². The number of aromatic nitrogens is 4. The van der Waals surface area contributed by atoms with Gasteiger partial charge in [0.1, 0.15) is 23.5 Å². The van der Waals surface area contributed by atoms with Crippen molar-refractivity contribution in [3.63, 3.8) is 0 Å². The molecule has 2 aromatic heterocycles. The van der Waals surface area contributed by atoms with Gasteiger partial charge in [0, 0.05) is 60.6 Å². The van der Waals surface area contributed by atoms with Crippen molar-refractivity contribution in [3.8, 4) is 0 Å². The first-order valence-electron chi connectivity index (χ1n) is 20.4. The molecule has 2 saturated heterocycles. The number of benzene rings is 2. The molecule has 0 spiro atoms. The van der Waals surface area contributed by atoms with Crippen LogP contribution in [-0.2, 0) is 19.2 Å². The van der Waals surface area contributed by atoms with Gasteiger partial charge in [-0.1, -0.05) is 0 Å². The van der Waals surface area contributed by atoms with E-state index in [0.717, 1.165) is 11.4 Å². The van der Waals surface area contributed by atoms with Gasteiger partial charge < -0.3 is 82.3 Å². The van der Waals surface area contributed by atoms with Gasteiger partial charge in [-0.3, -0.25) is 29.1 Å². The second-order valence-corrected chi connectivity index (χ2v) is 15.7. The Balaban J connectivity index is 0.000000247. The number of fused-ring (bicyclic) bond motifs is 6. The van der Waals surface area contributed by atoms with Gasteiger partial charge in [-0.15, -0.1) is 0 Å². The number of amides is 2. The number of anilines is 8. The third kappa shape index (κ3) is 12.1. The molecule has 6 heterocycles. The molecule has 0 unspecified atom stereocenters. The average molecular weight is 959 g/mol. The zero-order chi connectivity index (χ0) is 47.4. The second kappa shape index (κ2) is 22.5. The van der Waals surface area contributed by atoms with Crippen molar-refractivity contribution in [2.24, 2.45) is 0 Å². The van der Waals surface area contributed by atoms with Gasteiger partial charge in [-0.25, -0.2) is 9.59 Å². The third-order valence-electron chi connectivity index (χ3n) is 11.3. The van der Waals surface area contributed by atoms with Gasteiger partial charge in [0.15, 0.2) is 11.6 Å². The summed E-state index contributed by atoms with van der Waals surface area (Å²) in [5.74, 6) is -5.72. The van der Waals surface area contributed by atoms with Gasteiger partial charge in [-0.2, -0.15) is 9.97 Å². The summed E-state index contributed by atoms with van der Waals surface area (Å²) in [7, 11) is 0. The van der Waals surface area contributed by atoms with Gasteiger partial charge in [0.05, 0.1) is 25.4 Å². The number of nitrogens with two attached hydrogens (primary N) is 2. The molecule has 2 aromatic carbocycles. The average Bonchev–Trinajstić information content (AvgIpc) is 3.91. The van der Waals surface area contributed by atoms with E-state index in [-0.39, 0.29) is 118 Å². The number of nitrogen functional groups attached to an aromatic ring is 2. The summed E-state index contributed by atoms with van der Waals surface area (Å²) in [4.78, 5) is 115. The Morgan fingerprint density at radius 3 is 1.32 bits per heavy atom. The summed E-state index contributed by atoms with van der Waals surface area (Å²) in [5, 5.41) is 50.5. The van der Waals surface area contributed by atoms with Crippen LogP contribution < -0.4 is 133 Å². The van der Waals surface area contributed by atoms with Crippen molar-refractivity contribution in [1.29, 1.82) is 0 Å². The number of nitrogens with one attached hydrogen (secondary N) is 6. The fraction of sp³-hybridized carbons (Fsp3) is 0.350. The largest absolute Gasteiger partial charge is 1.00 e. The molecule has 0 radical (unpaired) electrons. The predicted molar refractivity (Wildman–Crippen MR) is 232 cm³/mol. The smallest absolute Gasteiger partial charge is 0.550 e. The molecule has 2 amide bonds. The summed E-state index contributed by atoms with van der Waals surface area (Å²) in [6.45, 7) is 3.30. The Morgan fingerprint density at radius 1 is 0.647 bits per heavy atom. The van der Waals surface area contributed by atoms with Gasteiger partial charge in [0.25, 0.3) is 22.9 Å². The van der Waals surface area contributed by atoms with E-state index in [0.29, 0.717) is 62.5 Å². The molecule has 0 bridgehead atoms.